The highest BCUT2D eigenvalue weighted by molar-refractivity contribution is 6.31. The van der Waals surface area contributed by atoms with Gasteiger partial charge in [0.15, 0.2) is 0 Å². The van der Waals surface area contributed by atoms with E-state index in [1.807, 2.05) is 0 Å². The highest BCUT2D eigenvalue weighted by Crippen LogP contribution is 2.36. The van der Waals surface area contributed by atoms with Crippen LogP contribution in [0.15, 0.2) is 36.4 Å². The topological polar surface area (TPSA) is 29.1 Å². The van der Waals surface area contributed by atoms with Crippen molar-refractivity contribution in [3.63, 3.8) is 0 Å². The Labute approximate surface area is 143 Å². The number of aryl methyl sites for hydroxylation is 1. The van der Waals surface area contributed by atoms with Gasteiger partial charge in [-0.15, -0.1) is 0 Å². The Kier molecular flexibility index (Phi) is 5.04. The zero-order chi connectivity index (χ0) is 19.0. The quantitative estimate of drug-likeness (QED) is 0.641. The molecule has 0 saturated carbocycles. The van der Waals surface area contributed by atoms with E-state index >= 15 is 0 Å². The van der Waals surface area contributed by atoms with Gasteiger partial charge in [0, 0.05) is 16.3 Å². The maximum atomic E-state index is 12.8. The molecule has 0 radical (unpaired) electrons. The first-order valence-electron chi connectivity index (χ1n) is 6.75. The largest absolute Gasteiger partial charge is 0.416 e. The van der Waals surface area contributed by atoms with E-state index in [0.29, 0.717) is 17.7 Å². The van der Waals surface area contributed by atoms with Crippen LogP contribution in [0.25, 0.3) is 0 Å². The lowest BCUT2D eigenvalue weighted by molar-refractivity contribution is -0.143. The van der Waals surface area contributed by atoms with Crippen molar-refractivity contribution in [2.75, 3.05) is 5.32 Å². The second kappa shape index (κ2) is 6.59. The van der Waals surface area contributed by atoms with Crippen LogP contribution in [0.5, 0.6) is 0 Å². The first-order chi connectivity index (χ1) is 11.4. The Morgan fingerprint density at radius 3 is 1.92 bits per heavy atom. The summed E-state index contributed by atoms with van der Waals surface area (Å²) in [6.07, 6.45) is -10.1. The summed E-state index contributed by atoms with van der Waals surface area (Å²) < 4.78 is 77.0. The number of alkyl halides is 6. The molecule has 25 heavy (non-hydrogen) atoms. The minimum absolute atomic E-state index is 0.0403. The second-order valence-electron chi connectivity index (χ2n) is 5.21. The molecule has 1 amide bonds. The fraction of sp³-hybridized carbons (Fsp3) is 0.188. The van der Waals surface area contributed by atoms with E-state index in [-0.39, 0.29) is 16.8 Å². The number of hydrogen-bond acceptors (Lipinski definition) is 1. The third kappa shape index (κ3) is 4.66. The van der Waals surface area contributed by atoms with Crippen LogP contribution in [0.4, 0.5) is 32.0 Å². The predicted octanol–water partition coefficient (Wildman–Crippen LogP) is 5.94. The molecule has 0 aliphatic carbocycles. The molecular weight excluding hydrogens is 372 g/mol. The average Bonchev–Trinajstić information content (AvgIpc) is 2.48. The van der Waals surface area contributed by atoms with Gasteiger partial charge in [-0.1, -0.05) is 17.7 Å². The van der Waals surface area contributed by atoms with Gasteiger partial charge in [0.05, 0.1) is 11.1 Å². The van der Waals surface area contributed by atoms with Gasteiger partial charge in [-0.25, -0.2) is 0 Å². The van der Waals surface area contributed by atoms with Crippen molar-refractivity contribution in [3.8, 4) is 0 Å². The second-order valence-corrected chi connectivity index (χ2v) is 5.64. The lowest BCUT2D eigenvalue weighted by atomic mass is 10.0. The fourth-order valence-corrected chi connectivity index (χ4v) is 2.18. The van der Waals surface area contributed by atoms with Crippen molar-refractivity contribution < 1.29 is 31.1 Å². The smallest absolute Gasteiger partial charge is 0.322 e. The average molecular weight is 382 g/mol. The van der Waals surface area contributed by atoms with Gasteiger partial charge in [0.2, 0.25) is 0 Å². The number of nitrogens with one attached hydrogen (secondary N) is 1. The number of carbonyl (C=O) groups excluding carboxylic acids is 1. The molecule has 0 fully saturated rings. The number of carbonyl (C=O) groups is 1. The maximum Gasteiger partial charge on any atom is 0.416 e. The van der Waals surface area contributed by atoms with E-state index in [1.54, 1.807) is 13.0 Å². The molecule has 2 nitrogen and oxygen atoms in total. The zero-order valence-electron chi connectivity index (χ0n) is 12.5. The third-order valence-electron chi connectivity index (χ3n) is 3.30. The molecule has 0 aliphatic rings. The van der Waals surface area contributed by atoms with Gasteiger partial charge in [-0.2, -0.15) is 26.3 Å². The van der Waals surface area contributed by atoms with Crippen molar-refractivity contribution in [1.82, 2.24) is 0 Å². The lowest BCUT2D eigenvalue weighted by Crippen LogP contribution is -2.17. The van der Waals surface area contributed by atoms with Crippen LogP contribution in [-0.2, 0) is 12.4 Å². The molecular formula is C16H10ClF6NO. The maximum absolute atomic E-state index is 12.8. The first-order valence-corrected chi connectivity index (χ1v) is 7.13. The first kappa shape index (κ1) is 19.1. The molecule has 9 heteroatoms. The van der Waals surface area contributed by atoms with Crippen LogP contribution in [0.2, 0.25) is 5.02 Å². The Hall–Kier alpha value is -2.22. The molecule has 0 saturated heterocycles. The summed E-state index contributed by atoms with van der Waals surface area (Å²) in [6.45, 7) is 1.60. The van der Waals surface area contributed by atoms with Crippen LogP contribution in [-0.4, -0.2) is 5.91 Å². The van der Waals surface area contributed by atoms with Crippen molar-refractivity contribution in [1.29, 1.82) is 0 Å². The van der Waals surface area contributed by atoms with Gasteiger partial charge in [-0.05, 0) is 42.8 Å². The van der Waals surface area contributed by atoms with Crippen molar-refractivity contribution in [2.24, 2.45) is 0 Å². The summed E-state index contributed by atoms with van der Waals surface area (Å²) >= 11 is 5.77. The van der Waals surface area contributed by atoms with E-state index in [1.165, 1.54) is 12.1 Å². The molecule has 0 spiro atoms. The lowest BCUT2D eigenvalue weighted by Gasteiger charge is -2.15. The molecule has 2 rings (SSSR count). The number of benzene rings is 2. The molecule has 0 bridgehead atoms. The summed E-state index contributed by atoms with van der Waals surface area (Å²) in [6, 6.07) is 5.10. The third-order valence-corrected chi connectivity index (χ3v) is 3.53. The van der Waals surface area contributed by atoms with E-state index < -0.39 is 35.0 Å². The van der Waals surface area contributed by atoms with Crippen LogP contribution >= 0.6 is 11.6 Å². The molecule has 0 aliphatic heterocycles. The van der Waals surface area contributed by atoms with Crippen molar-refractivity contribution in [2.45, 2.75) is 19.3 Å². The van der Waals surface area contributed by atoms with Crippen LogP contribution in [0, 0.1) is 6.92 Å². The standard InChI is InChI=1S/C16H10ClF6NO/c1-8-2-3-12(17)7-13(8)24-14(25)9-4-10(15(18,19)20)6-11(5-9)16(21,22)23/h2-7H,1H3,(H,24,25). The Bertz CT molecular complexity index is 781. The number of hydrogen-bond donors (Lipinski definition) is 1. The van der Waals surface area contributed by atoms with Gasteiger partial charge in [0.25, 0.3) is 5.91 Å². The van der Waals surface area contributed by atoms with E-state index in [4.69, 9.17) is 11.6 Å². The SMILES string of the molecule is Cc1ccc(Cl)cc1NC(=O)c1cc(C(F)(F)F)cc(C(F)(F)F)c1. The Balaban J connectivity index is 2.46. The van der Waals surface area contributed by atoms with E-state index in [9.17, 15) is 31.1 Å². The highest BCUT2D eigenvalue weighted by Gasteiger charge is 2.37. The minimum atomic E-state index is -5.03. The van der Waals surface area contributed by atoms with Crippen LogP contribution in [0.1, 0.15) is 27.0 Å². The van der Waals surface area contributed by atoms with E-state index in [2.05, 4.69) is 5.32 Å². The molecule has 134 valence electrons. The normalized spacial score (nSPS) is 12.2. The fourth-order valence-electron chi connectivity index (χ4n) is 2.01. The van der Waals surface area contributed by atoms with E-state index in [0.717, 1.165) is 0 Å². The molecule has 2 aromatic rings. The van der Waals surface area contributed by atoms with Gasteiger partial charge in [0.1, 0.15) is 0 Å². The summed E-state index contributed by atoms with van der Waals surface area (Å²) in [4.78, 5) is 12.1. The van der Waals surface area contributed by atoms with Gasteiger partial charge >= 0.3 is 12.4 Å². The number of anilines is 1. The van der Waals surface area contributed by atoms with Crippen LogP contribution < -0.4 is 5.32 Å². The molecule has 2 aromatic carbocycles. The molecule has 0 aromatic heterocycles. The summed E-state index contributed by atoms with van der Waals surface area (Å²) in [7, 11) is 0. The number of halogens is 7. The zero-order valence-corrected chi connectivity index (χ0v) is 13.3. The summed E-state index contributed by atoms with van der Waals surface area (Å²) in [5, 5.41) is 2.52. The van der Waals surface area contributed by atoms with Gasteiger partial charge < -0.3 is 5.32 Å². The van der Waals surface area contributed by atoms with Crippen molar-refractivity contribution >= 4 is 23.2 Å². The minimum Gasteiger partial charge on any atom is -0.322 e. The van der Waals surface area contributed by atoms with Crippen molar-refractivity contribution in [3.05, 3.63) is 63.7 Å². The number of amides is 1. The molecule has 0 unspecified atom stereocenters. The Morgan fingerprint density at radius 1 is 0.920 bits per heavy atom. The monoisotopic (exact) mass is 381 g/mol. The Morgan fingerprint density at radius 2 is 1.44 bits per heavy atom. The molecule has 0 atom stereocenters. The molecule has 1 N–H and O–H groups in total. The van der Waals surface area contributed by atoms with Crippen LogP contribution in [0.3, 0.4) is 0 Å². The number of rotatable bonds is 2. The summed E-state index contributed by atoms with van der Waals surface area (Å²) in [5.41, 5.74) is -3.16. The predicted molar refractivity (Wildman–Crippen MR) is 80.6 cm³/mol. The summed E-state index contributed by atoms with van der Waals surface area (Å²) in [5.74, 6) is -1.11. The van der Waals surface area contributed by atoms with Gasteiger partial charge in [-0.3, -0.25) is 4.79 Å². The molecule has 0 heterocycles. The highest BCUT2D eigenvalue weighted by atomic mass is 35.5.